The Kier molecular flexibility index (Phi) is 4.73. The second-order valence-corrected chi connectivity index (χ2v) is 10.3. The largest absolute Gasteiger partial charge is 0.497 e. The lowest BCUT2D eigenvalue weighted by molar-refractivity contribution is 0.0244. The van der Waals surface area contributed by atoms with Crippen molar-refractivity contribution >= 4 is 26.8 Å². The summed E-state index contributed by atoms with van der Waals surface area (Å²) in [5.74, 6) is 0.306. The Balaban J connectivity index is 1.67. The van der Waals surface area contributed by atoms with Crippen molar-refractivity contribution in [3.63, 3.8) is 0 Å². The molecule has 0 radical (unpaired) electrons. The van der Waals surface area contributed by atoms with E-state index in [1.165, 1.54) is 29.2 Å². The van der Waals surface area contributed by atoms with E-state index in [-0.39, 0.29) is 37.8 Å². The normalized spacial score (nSPS) is 20.2. The SMILES string of the molecule is COc1ccc2c3c([nH]c2c1)[C@H](CO)N(C(=O)c1cnccn1)CC31CN(S(C)(=O)=O)C1. The molecule has 2 aliphatic rings. The van der Waals surface area contributed by atoms with Gasteiger partial charge >= 0.3 is 0 Å². The van der Waals surface area contributed by atoms with E-state index in [2.05, 4.69) is 15.0 Å². The summed E-state index contributed by atoms with van der Waals surface area (Å²) in [6.07, 6.45) is 5.49. The van der Waals surface area contributed by atoms with Crippen LogP contribution in [0.2, 0.25) is 0 Å². The fraction of sp³-hybridized carbons (Fsp3) is 0.381. The monoisotopic (exact) mass is 457 g/mol. The van der Waals surface area contributed by atoms with Gasteiger partial charge in [0.1, 0.15) is 11.4 Å². The van der Waals surface area contributed by atoms with Gasteiger partial charge in [0.25, 0.3) is 5.91 Å². The zero-order valence-corrected chi connectivity index (χ0v) is 18.5. The number of aromatic amines is 1. The highest BCUT2D eigenvalue weighted by Gasteiger charge is 2.56. The van der Waals surface area contributed by atoms with Crippen LogP contribution in [0.5, 0.6) is 5.75 Å². The molecule has 2 aliphatic heterocycles. The third kappa shape index (κ3) is 3.07. The lowest BCUT2D eigenvalue weighted by atomic mass is 9.70. The van der Waals surface area contributed by atoms with Crippen molar-refractivity contribution in [2.24, 2.45) is 0 Å². The minimum absolute atomic E-state index is 0.168. The molecular weight excluding hydrogens is 434 g/mol. The van der Waals surface area contributed by atoms with Crippen LogP contribution in [0.15, 0.2) is 36.8 Å². The Hall–Kier alpha value is -3.02. The zero-order valence-electron chi connectivity index (χ0n) is 17.6. The number of benzene rings is 1. The highest BCUT2D eigenvalue weighted by Crippen LogP contribution is 2.49. The first-order chi connectivity index (χ1) is 15.3. The molecule has 0 bridgehead atoms. The molecule has 1 aromatic carbocycles. The Morgan fingerprint density at radius 3 is 2.72 bits per heavy atom. The number of sulfonamides is 1. The average molecular weight is 458 g/mol. The number of aromatic nitrogens is 3. The number of hydrogen-bond donors (Lipinski definition) is 2. The number of methoxy groups -OCH3 is 1. The third-order valence-electron chi connectivity index (χ3n) is 6.39. The number of aliphatic hydroxyl groups is 1. The van der Waals surface area contributed by atoms with Gasteiger partial charge in [-0.2, -0.15) is 0 Å². The van der Waals surface area contributed by atoms with Crippen molar-refractivity contribution in [1.29, 1.82) is 0 Å². The number of ether oxygens (including phenoxy) is 1. The maximum absolute atomic E-state index is 13.3. The van der Waals surface area contributed by atoms with Gasteiger partial charge in [0.2, 0.25) is 10.0 Å². The molecule has 3 aromatic rings. The van der Waals surface area contributed by atoms with Gasteiger partial charge in [-0.3, -0.25) is 9.78 Å². The van der Waals surface area contributed by atoms with Crippen LogP contribution < -0.4 is 4.74 Å². The van der Waals surface area contributed by atoms with E-state index in [1.807, 2.05) is 18.2 Å². The van der Waals surface area contributed by atoms with Gasteiger partial charge < -0.3 is 19.7 Å². The van der Waals surface area contributed by atoms with Crippen LogP contribution in [0.3, 0.4) is 0 Å². The molecule has 2 aromatic heterocycles. The highest BCUT2D eigenvalue weighted by molar-refractivity contribution is 7.88. The van der Waals surface area contributed by atoms with Gasteiger partial charge in [-0.25, -0.2) is 17.7 Å². The van der Waals surface area contributed by atoms with Crippen LogP contribution in [-0.2, 0) is 15.4 Å². The van der Waals surface area contributed by atoms with Gasteiger partial charge in [-0.1, -0.05) is 0 Å². The standard InChI is InChI=1S/C21H23N5O5S/c1-31-13-3-4-14-15(7-13)24-19-17(9-27)26(20(28)16-8-22-5-6-23-16)12-21(18(14)19)10-25(11-21)32(2,29)30/h3-8,17,24,27H,9-12H2,1-2H3/t17-/m0/s1. The molecule has 5 rings (SSSR count). The number of nitrogens with one attached hydrogen (secondary N) is 1. The van der Waals surface area contributed by atoms with Gasteiger partial charge in [0, 0.05) is 60.1 Å². The minimum Gasteiger partial charge on any atom is -0.497 e. The Morgan fingerprint density at radius 2 is 2.09 bits per heavy atom. The van der Waals surface area contributed by atoms with Crippen LogP contribution in [0.25, 0.3) is 10.9 Å². The van der Waals surface area contributed by atoms with Crippen molar-refractivity contribution in [2.75, 3.05) is 39.6 Å². The number of amides is 1. The molecule has 32 heavy (non-hydrogen) atoms. The summed E-state index contributed by atoms with van der Waals surface area (Å²) in [4.78, 5) is 26.4. The molecule has 1 amide bonds. The van der Waals surface area contributed by atoms with Crippen molar-refractivity contribution in [1.82, 2.24) is 24.2 Å². The van der Waals surface area contributed by atoms with Crippen molar-refractivity contribution in [2.45, 2.75) is 11.5 Å². The molecule has 168 valence electrons. The number of nitrogens with zero attached hydrogens (tertiary/aromatic N) is 4. The first kappa shape index (κ1) is 20.9. The minimum atomic E-state index is -3.37. The van der Waals surface area contributed by atoms with E-state index in [0.29, 0.717) is 11.4 Å². The predicted octanol–water partition coefficient (Wildman–Crippen LogP) is 0.669. The summed E-state index contributed by atoms with van der Waals surface area (Å²) in [7, 11) is -1.79. The second-order valence-electron chi connectivity index (χ2n) is 8.36. The Bertz CT molecular complexity index is 1300. The highest BCUT2D eigenvalue weighted by atomic mass is 32.2. The first-order valence-electron chi connectivity index (χ1n) is 10.1. The second kappa shape index (κ2) is 7.26. The molecule has 1 saturated heterocycles. The van der Waals surface area contributed by atoms with Crippen LogP contribution in [0.1, 0.15) is 27.8 Å². The molecule has 1 atom stereocenters. The smallest absolute Gasteiger partial charge is 0.274 e. The summed E-state index contributed by atoms with van der Waals surface area (Å²) in [5.41, 5.74) is 2.01. The summed E-state index contributed by atoms with van der Waals surface area (Å²) in [6.45, 7) is 0.459. The number of hydrogen-bond acceptors (Lipinski definition) is 7. The van der Waals surface area contributed by atoms with E-state index in [4.69, 9.17) is 4.74 Å². The summed E-state index contributed by atoms with van der Waals surface area (Å²) >= 11 is 0. The summed E-state index contributed by atoms with van der Waals surface area (Å²) in [5, 5.41) is 11.2. The number of carbonyl (C=O) groups is 1. The third-order valence-corrected chi connectivity index (χ3v) is 7.59. The van der Waals surface area contributed by atoms with Crippen molar-refractivity contribution in [3.05, 3.63) is 53.7 Å². The fourth-order valence-corrected chi connectivity index (χ4v) is 5.86. The summed E-state index contributed by atoms with van der Waals surface area (Å²) in [6, 6.07) is 5.01. The van der Waals surface area contributed by atoms with Crippen LogP contribution in [0, 0.1) is 0 Å². The molecule has 0 aliphatic carbocycles. The van der Waals surface area contributed by atoms with Gasteiger partial charge in [0.15, 0.2) is 0 Å². The van der Waals surface area contributed by atoms with Crippen molar-refractivity contribution in [3.8, 4) is 5.75 Å². The van der Waals surface area contributed by atoms with Gasteiger partial charge in [0.05, 0.1) is 32.2 Å². The number of H-pyrrole nitrogens is 1. The van der Waals surface area contributed by atoms with E-state index >= 15 is 0 Å². The molecule has 2 N–H and O–H groups in total. The molecule has 1 spiro atoms. The number of aliphatic hydroxyl groups excluding tert-OH is 1. The fourth-order valence-electron chi connectivity index (χ4n) is 4.90. The lowest BCUT2D eigenvalue weighted by Crippen LogP contribution is -2.67. The molecule has 4 heterocycles. The molecule has 1 fully saturated rings. The molecule has 0 saturated carbocycles. The first-order valence-corrected chi connectivity index (χ1v) is 12.0. The number of carbonyl (C=O) groups excluding carboxylic acids is 1. The molecule has 0 unspecified atom stereocenters. The van der Waals surface area contributed by atoms with Crippen molar-refractivity contribution < 1.29 is 23.1 Å². The van der Waals surface area contributed by atoms with Gasteiger partial charge in [-0.15, -0.1) is 0 Å². The molecule has 11 heteroatoms. The number of fused-ring (bicyclic) bond motifs is 4. The Morgan fingerprint density at radius 1 is 1.31 bits per heavy atom. The maximum atomic E-state index is 13.3. The predicted molar refractivity (Wildman–Crippen MR) is 116 cm³/mol. The van der Waals surface area contributed by atoms with E-state index in [1.54, 1.807) is 12.0 Å². The quantitative estimate of drug-likeness (QED) is 0.589. The van der Waals surface area contributed by atoms with Gasteiger partial charge in [-0.05, 0) is 17.7 Å². The van der Waals surface area contributed by atoms with E-state index in [0.717, 1.165) is 16.5 Å². The molecular formula is C21H23N5O5S. The molecule has 10 nitrogen and oxygen atoms in total. The van der Waals surface area contributed by atoms with Crippen LogP contribution in [0.4, 0.5) is 0 Å². The number of rotatable bonds is 4. The summed E-state index contributed by atoms with van der Waals surface area (Å²) < 4.78 is 31.1. The lowest BCUT2D eigenvalue weighted by Gasteiger charge is -2.55. The Labute approximate surface area is 184 Å². The maximum Gasteiger partial charge on any atom is 0.274 e. The van der Waals surface area contributed by atoms with E-state index in [9.17, 15) is 18.3 Å². The topological polar surface area (TPSA) is 129 Å². The van der Waals surface area contributed by atoms with E-state index < -0.39 is 21.5 Å². The zero-order chi connectivity index (χ0) is 22.7. The van der Waals surface area contributed by atoms with Crippen LogP contribution >= 0.6 is 0 Å². The average Bonchev–Trinajstić information content (AvgIpc) is 3.14. The van der Waals surface area contributed by atoms with Crippen LogP contribution in [-0.4, -0.2) is 83.2 Å².